The molecule has 195 valence electrons. The van der Waals surface area contributed by atoms with E-state index in [1.165, 1.54) is 15.5 Å². The first-order valence-corrected chi connectivity index (χ1v) is 12.9. The van der Waals surface area contributed by atoms with Crippen LogP contribution in [0.4, 0.5) is 38.0 Å². The Hall–Kier alpha value is -3.79. The van der Waals surface area contributed by atoms with Crippen molar-refractivity contribution in [2.24, 2.45) is 0 Å². The molecule has 0 aliphatic carbocycles. The summed E-state index contributed by atoms with van der Waals surface area (Å²) in [7, 11) is 8.65. The first-order valence-electron chi connectivity index (χ1n) is 12.9. The van der Waals surface area contributed by atoms with Crippen LogP contribution in [0.2, 0.25) is 0 Å². The average Bonchev–Trinajstić information content (AvgIpc) is 2.90. The van der Waals surface area contributed by atoms with Crippen molar-refractivity contribution in [3.8, 4) is 0 Å². The SMILES string of the molecule is [B]=C1c2cnc(Nc3ccc(N4CCN(C)CC4)c(C)c3)nc2N(CC)C(=O)N1c1c(C)cccc1CF. The summed E-state index contributed by atoms with van der Waals surface area (Å²) in [5, 5.41) is 3.28. The van der Waals surface area contributed by atoms with Gasteiger partial charge in [0.2, 0.25) is 0 Å². The van der Waals surface area contributed by atoms with Crippen molar-refractivity contribution >= 4 is 47.9 Å². The number of fused-ring (bicyclic) bond motifs is 1. The number of piperazine rings is 1. The van der Waals surface area contributed by atoms with Crippen LogP contribution in [-0.2, 0) is 6.67 Å². The van der Waals surface area contributed by atoms with Crippen molar-refractivity contribution in [3.05, 3.63) is 64.8 Å². The molecule has 1 saturated heterocycles. The van der Waals surface area contributed by atoms with E-state index in [2.05, 4.69) is 51.2 Å². The topological polar surface area (TPSA) is 67.8 Å². The number of nitrogens with zero attached hydrogens (tertiary/aromatic N) is 6. The number of rotatable bonds is 6. The Morgan fingerprint density at radius 3 is 2.53 bits per heavy atom. The number of amides is 2. The summed E-state index contributed by atoms with van der Waals surface area (Å²) >= 11 is 0. The molecule has 2 aliphatic rings. The Labute approximate surface area is 224 Å². The Balaban J connectivity index is 1.43. The third-order valence-electron chi connectivity index (χ3n) is 7.27. The molecule has 2 aromatic carbocycles. The van der Waals surface area contributed by atoms with E-state index in [1.54, 1.807) is 18.3 Å². The van der Waals surface area contributed by atoms with Gasteiger partial charge in [-0.1, -0.05) is 0 Å². The van der Waals surface area contributed by atoms with Gasteiger partial charge in [-0.2, -0.15) is 0 Å². The monoisotopic (exact) mass is 512 g/mol. The van der Waals surface area contributed by atoms with Crippen LogP contribution in [0, 0.1) is 13.8 Å². The molecule has 1 fully saturated rings. The molecule has 3 heterocycles. The van der Waals surface area contributed by atoms with Crippen molar-refractivity contribution in [3.63, 3.8) is 0 Å². The van der Waals surface area contributed by atoms with Crippen molar-refractivity contribution in [2.45, 2.75) is 27.4 Å². The van der Waals surface area contributed by atoms with Gasteiger partial charge in [-0.05, 0) is 7.05 Å². The number of nitrogens with one attached hydrogen (secondary N) is 1. The number of para-hydroxylation sites is 1. The van der Waals surface area contributed by atoms with E-state index in [-0.39, 0.29) is 11.6 Å². The number of carbonyl (C=O) groups excluding carboxylic acids is 1. The summed E-state index contributed by atoms with van der Waals surface area (Å²) in [6.45, 7) is 9.56. The van der Waals surface area contributed by atoms with Crippen LogP contribution >= 0.6 is 0 Å². The average molecular weight is 512 g/mol. The molecule has 10 heteroatoms. The van der Waals surface area contributed by atoms with Crippen LogP contribution in [0.1, 0.15) is 29.2 Å². The zero-order chi connectivity index (χ0) is 27.0. The molecule has 0 spiro atoms. The van der Waals surface area contributed by atoms with Crippen LogP contribution < -0.4 is 20.0 Å². The number of aryl methyl sites for hydroxylation is 2. The van der Waals surface area contributed by atoms with E-state index in [9.17, 15) is 9.18 Å². The summed E-state index contributed by atoms with van der Waals surface area (Å²) in [5.74, 6) is 0.785. The standard InChI is InChI=1S/C28H32BFN7O/c1-5-36-26-22(25(29)37(28(36)38)24-18(2)7-6-8-20(24)16-30)17-31-27(33-26)32-21-9-10-23(19(3)15-21)35-13-11-34(4)12-14-35/h6-10,15,17H,5,11-14,16H2,1-4H3,(H,31,32,33). The van der Waals surface area contributed by atoms with Gasteiger partial charge in [0, 0.05) is 13.1 Å². The zero-order valence-electron chi connectivity index (χ0n) is 22.3. The van der Waals surface area contributed by atoms with E-state index in [1.807, 2.05) is 26.0 Å². The number of benzene rings is 2. The second kappa shape index (κ2) is 10.5. The third-order valence-corrected chi connectivity index (χ3v) is 7.27. The fourth-order valence-corrected chi connectivity index (χ4v) is 5.17. The van der Waals surface area contributed by atoms with Gasteiger partial charge in [0.25, 0.3) is 0 Å². The second-order valence-electron chi connectivity index (χ2n) is 9.81. The van der Waals surface area contributed by atoms with Crippen molar-refractivity contribution in [1.29, 1.82) is 0 Å². The van der Waals surface area contributed by atoms with Gasteiger partial charge < -0.3 is 4.90 Å². The number of hydrogen-bond donors (Lipinski definition) is 1. The summed E-state index contributed by atoms with van der Waals surface area (Å²) in [6, 6.07) is 11.1. The number of likely N-dealkylation sites (N-methyl/N-ethyl adjacent to an activating group) is 1. The van der Waals surface area contributed by atoms with Gasteiger partial charge >= 0.3 is 199 Å². The van der Waals surface area contributed by atoms with Crippen molar-refractivity contribution in [1.82, 2.24) is 14.9 Å². The van der Waals surface area contributed by atoms with E-state index >= 15 is 0 Å². The molecule has 0 bridgehead atoms. The quantitative estimate of drug-likeness (QED) is 0.501. The fourth-order valence-electron chi connectivity index (χ4n) is 5.17. The predicted octanol–water partition coefficient (Wildman–Crippen LogP) is 4.17. The van der Waals surface area contributed by atoms with Crippen LogP contribution in [0.3, 0.4) is 0 Å². The molecule has 0 atom stereocenters. The van der Waals surface area contributed by atoms with Gasteiger partial charge in [0.15, 0.2) is 0 Å². The molecule has 5 rings (SSSR count). The fraction of sp³-hybridized carbons (Fsp3) is 0.357. The summed E-state index contributed by atoms with van der Waals surface area (Å²) in [4.78, 5) is 30.4. The molecular weight excluding hydrogens is 480 g/mol. The number of urea groups is 1. The van der Waals surface area contributed by atoms with Crippen molar-refractivity contribution < 1.29 is 9.18 Å². The van der Waals surface area contributed by atoms with Gasteiger partial charge in [0.05, 0.1) is 0 Å². The minimum absolute atomic E-state index is 0.178. The number of alkyl halides is 1. The Bertz CT molecular complexity index is 1390. The zero-order valence-corrected chi connectivity index (χ0v) is 22.3. The van der Waals surface area contributed by atoms with Crippen LogP contribution in [-0.4, -0.2) is 73.7 Å². The molecule has 1 N–H and O–H groups in total. The molecule has 2 aliphatic heterocycles. The molecule has 38 heavy (non-hydrogen) atoms. The van der Waals surface area contributed by atoms with E-state index in [0.717, 1.165) is 43.0 Å². The normalized spacial score (nSPS) is 16.2. The Kier molecular flexibility index (Phi) is 7.16. The molecule has 8 nitrogen and oxygen atoms in total. The first kappa shape index (κ1) is 25.8. The van der Waals surface area contributed by atoms with Gasteiger partial charge in [-0.3, -0.25) is 0 Å². The minimum atomic E-state index is -0.709. The molecule has 0 saturated carbocycles. The van der Waals surface area contributed by atoms with Gasteiger partial charge in [0.1, 0.15) is 0 Å². The third kappa shape index (κ3) is 4.64. The molecule has 1 radical (unpaired) electrons. The van der Waals surface area contributed by atoms with E-state index in [0.29, 0.717) is 35.1 Å². The number of carbonyl (C=O) groups is 1. The van der Waals surface area contributed by atoms with Gasteiger partial charge in [-0.15, -0.1) is 0 Å². The van der Waals surface area contributed by atoms with E-state index < -0.39 is 6.67 Å². The maximum absolute atomic E-state index is 13.8. The Morgan fingerprint density at radius 2 is 1.84 bits per heavy atom. The predicted molar refractivity (Wildman–Crippen MR) is 153 cm³/mol. The Morgan fingerprint density at radius 1 is 1.08 bits per heavy atom. The number of aromatic nitrogens is 2. The summed E-state index contributed by atoms with van der Waals surface area (Å²) in [5.41, 5.74) is 5.56. The molecule has 0 unspecified atom stereocenters. The number of hydrogen-bond acceptors (Lipinski definition) is 6. The van der Waals surface area contributed by atoms with Crippen molar-refractivity contribution in [2.75, 3.05) is 59.8 Å². The molecule has 3 aromatic rings. The molecule has 2 amide bonds. The number of anilines is 5. The number of halogens is 1. The second-order valence-corrected chi connectivity index (χ2v) is 9.81. The first-order chi connectivity index (χ1) is 18.3. The summed E-state index contributed by atoms with van der Waals surface area (Å²) < 4.78 is 13.8. The molecule has 1 aromatic heterocycles. The molecular formula is C28H32BFN7O. The van der Waals surface area contributed by atoms with Crippen LogP contribution in [0.5, 0.6) is 0 Å². The van der Waals surface area contributed by atoms with Crippen LogP contribution in [0.25, 0.3) is 0 Å². The van der Waals surface area contributed by atoms with Gasteiger partial charge in [-0.25, -0.2) is 0 Å². The van der Waals surface area contributed by atoms with Crippen LogP contribution in [0.15, 0.2) is 42.6 Å². The maximum atomic E-state index is 13.8. The summed E-state index contributed by atoms with van der Waals surface area (Å²) in [6.07, 6.45) is 1.61. The van der Waals surface area contributed by atoms with E-state index in [4.69, 9.17) is 7.49 Å².